The van der Waals surface area contributed by atoms with E-state index in [1.807, 2.05) is 44.2 Å². The molecule has 0 spiro atoms. The zero-order valence-electron chi connectivity index (χ0n) is 14.5. The lowest BCUT2D eigenvalue weighted by Crippen LogP contribution is -2.43. The summed E-state index contributed by atoms with van der Waals surface area (Å²) in [5.41, 5.74) is -0.241. The molecule has 3 amide bonds. The van der Waals surface area contributed by atoms with E-state index in [0.717, 1.165) is 23.3 Å². The molecule has 7 nitrogen and oxygen atoms in total. The van der Waals surface area contributed by atoms with E-state index < -0.39 is 11.6 Å². The summed E-state index contributed by atoms with van der Waals surface area (Å²) in [6.45, 7) is 3.99. The SMILES string of the molecule is CCCc1noc(CN2C(=O)NC(CCC)(c3ccccc3)C2=O)n1. The molecule has 0 aliphatic carbocycles. The molecule has 0 radical (unpaired) electrons. The average Bonchev–Trinajstić information content (AvgIpc) is 3.15. The van der Waals surface area contributed by atoms with Gasteiger partial charge in [-0.3, -0.25) is 9.69 Å². The maximum absolute atomic E-state index is 13.1. The first kappa shape index (κ1) is 17.1. The normalized spacial score (nSPS) is 20.2. The molecule has 1 N–H and O–H groups in total. The first-order valence-electron chi connectivity index (χ1n) is 8.61. The third-order valence-corrected chi connectivity index (χ3v) is 4.34. The second kappa shape index (κ2) is 7.04. The van der Waals surface area contributed by atoms with Crippen LogP contribution in [-0.2, 0) is 23.3 Å². The van der Waals surface area contributed by atoms with Crippen molar-refractivity contribution in [2.24, 2.45) is 0 Å². The molecular formula is C18H22N4O3. The molecule has 1 aliphatic heterocycles. The number of amides is 3. The molecule has 2 heterocycles. The number of hydrogen-bond donors (Lipinski definition) is 1. The van der Waals surface area contributed by atoms with Crippen LogP contribution in [0.15, 0.2) is 34.9 Å². The van der Waals surface area contributed by atoms with Crippen molar-refractivity contribution in [3.8, 4) is 0 Å². The van der Waals surface area contributed by atoms with E-state index in [0.29, 0.717) is 18.7 Å². The molecule has 3 rings (SSSR count). The highest BCUT2D eigenvalue weighted by Crippen LogP contribution is 2.34. The quantitative estimate of drug-likeness (QED) is 0.782. The summed E-state index contributed by atoms with van der Waals surface area (Å²) >= 11 is 0. The molecular weight excluding hydrogens is 320 g/mol. The Hall–Kier alpha value is -2.70. The summed E-state index contributed by atoms with van der Waals surface area (Å²) in [4.78, 5) is 31.0. The van der Waals surface area contributed by atoms with E-state index in [-0.39, 0.29) is 18.3 Å². The monoisotopic (exact) mass is 342 g/mol. The number of nitrogens with one attached hydrogen (secondary N) is 1. The minimum absolute atomic E-state index is 0.0142. The number of carbonyl (C=O) groups excluding carboxylic acids is 2. The number of aromatic nitrogens is 2. The Balaban J connectivity index is 1.87. The van der Waals surface area contributed by atoms with Crippen LogP contribution in [0.1, 0.15) is 50.4 Å². The summed E-state index contributed by atoms with van der Waals surface area (Å²) in [6.07, 6.45) is 2.89. The highest BCUT2D eigenvalue weighted by atomic mass is 16.5. The van der Waals surface area contributed by atoms with Crippen molar-refractivity contribution < 1.29 is 14.1 Å². The molecule has 7 heteroatoms. The molecule has 1 saturated heterocycles. The Kier molecular flexibility index (Phi) is 4.83. The van der Waals surface area contributed by atoms with E-state index >= 15 is 0 Å². The van der Waals surface area contributed by atoms with E-state index in [1.54, 1.807) is 0 Å². The molecule has 25 heavy (non-hydrogen) atoms. The van der Waals surface area contributed by atoms with Gasteiger partial charge in [0.1, 0.15) is 12.1 Å². The van der Waals surface area contributed by atoms with Gasteiger partial charge in [0.15, 0.2) is 5.82 Å². The van der Waals surface area contributed by atoms with Gasteiger partial charge in [0, 0.05) is 6.42 Å². The Bertz CT molecular complexity index is 759. The number of hydrogen-bond acceptors (Lipinski definition) is 5. The fourth-order valence-electron chi connectivity index (χ4n) is 3.19. The molecule has 1 unspecified atom stereocenters. The number of carbonyl (C=O) groups is 2. The summed E-state index contributed by atoms with van der Waals surface area (Å²) in [5.74, 6) is 0.584. The number of imide groups is 1. The summed E-state index contributed by atoms with van der Waals surface area (Å²) in [7, 11) is 0. The van der Waals surface area contributed by atoms with E-state index in [4.69, 9.17) is 4.52 Å². The molecule has 132 valence electrons. The number of urea groups is 1. The van der Waals surface area contributed by atoms with Crippen LogP contribution in [0.2, 0.25) is 0 Å². The van der Waals surface area contributed by atoms with Gasteiger partial charge in [-0.05, 0) is 18.4 Å². The van der Waals surface area contributed by atoms with Crippen molar-refractivity contribution in [2.75, 3.05) is 0 Å². The Morgan fingerprint density at radius 2 is 1.92 bits per heavy atom. The molecule has 1 aliphatic rings. The molecule has 1 aromatic carbocycles. The molecule has 2 aromatic rings. The number of benzene rings is 1. The number of aryl methyl sites for hydroxylation is 1. The van der Waals surface area contributed by atoms with Gasteiger partial charge in [0.25, 0.3) is 5.91 Å². The van der Waals surface area contributed by atoms with Crippen molar-refractivity contribution in [2.45, 2.75) is 51.6 Å². The van der Waals surface area contributed by atoms with Gasteiger partial charge in [-0.1, -0.05) is 55.8 Å². The zero-order valence-corrected chi connectivity index (χ0v) is 14.5. The lowest BCUT2D eigenvalue weighted by atomic mass is 9.85. The molecule has 0 bridgehead atoms. The highest BCUT2D eigenvalue weighted by Gasteiger charge is 2.52. The maximum atomic E-state index is 13.1. The fourth-order valence-corrected chi connectivity index (χ4v) is 3.19. The van der Waals surface area contributed by atoms with Crippen molar-refractivity contribution >= 4 is 11.9 Å². The minimum atomic E-state index is -1.03. The lowest BCUT2D eigenvalue weighted by molar-refractivity contribution is -0.132. The van der Waals surface area contributed by atoms with Gasteiger partial charge in [0.2, 0.25) is 5.89 Å². The van der Waals surface area contributed by atoms with Crippen LogP contribution in [0, 0.1) is 0 Å². The van der Waals surface area contributed by atoms with Gasteiger partial charge in [-0.25, -0.2) is 4.79 Å². The Morgan fingerprint density at radius 1 is 1.16 bits per heavy atom. The van der Waals surface area contributed by atoms with E-state index in [9.17, 15) is 9.59 Å². The van der Waals surface area contributed by atoms with Gasteiger partial charge in [0.05, 0.1) is 0 Å². The zero-order chi connectivity index (χ0) is 17.9. The van der Waals surface area contributed by atoms with E-state index in [1.165, 1.54) is 0 Å². The first-order chi connectivity index (χ1) is 12.1. The fraction of sp³-hybridized carbons (Fsp3) is 0.444. The number of rotatable bonds is 7. The largest absolute Gasteiger partial charge is 0.337 e. The van der Waals surface area contributed by atoms with Crippen LogP contribution < -0.4 is 5.32 Å². The predicted octanol–water partition coefficient (Wildman–Crippen LogP) is 2.77. The van der Waals surface area contributed by atoms with Crippen molar-refractivity contribution in [3.05, 3.63) is 47.6 Å². The van der Waals surface area contributed by atoms with Crippen LogP contribution in [0.4, 0.5) is 4.79 Å². The van der Waals surface area contributed by atoms with Crippen molar-refractivity contribution in [1.82, 2.24) is 20.4 Å². The van der Waals surface area contributed by atoms with Gasteiger partial charge < -0.3 is 9.84 Å². The van der Waals surface area contributed by atoms with Crippen LogP contribution in [0.5, 0.6) is 0 Å². The maximum Gasteiger partial charge on any atom is 0.325 e. The summed E-state index contributed by atoms with van der Waals surface area (Å²) in [5, 5.41) is 6.76. The van der Waals surface area contributed by atoms with E-state index in [2.05, 4.69) is 15.5 Å². The number of nitrogens with zero attached hydrogens (tertiary/aromatic N) is 3. The van der Waals surface area contributed by atoms with Gasteiger partial charge in [-0.2, -0.15) is 4.98 Å². The van der Waals surface area contributed by atoms with Crippen LogP contribution >= 0.6 is 0 Å². The van der Waals surface area contributed by atoms with Crippen molar-refractivity contribution in [3.63, 3.8) is 0 Å². The Morgan fingerprint density at radius 3 is 2.60 bits per heavy atom. The summed E-state index contributed by atoms with van der Waals surface area (Å²) < 4.78 is 5.17. The molecule has 1 fully saturated rings. The standard InChI is InChI=1S/C18H22N4O3/c1-3-8-14-19-15(25-21-14)12-22-16(23)18(11-4-2,20-17(22)24)13-9-6-5-7-10-13/h5-7,9-10H,3-4,8,11-12H2,1-2H3,(H,20,24). The third kappa shape index (κ3) is 3.14. The van der Waals surface area contributed by atoms with Crippen LogP contribution in [0.25, 0.3) is 0 Å². The third-order valence-electron chi connectivity index (χ3n) is 4.34. The lowest BCUT2D eigenvalue weighted by Gasteiger charge is -2.26. The van der Waals surface area contributed by atoms with Crippen molar-refractivity contribution in [1.29, 1.82) is 0 Å². The smallest absolute Gasteiger partial charge is 0.325 e. The predicted molar refractivity (Wildman–Crippen MR) is 90.4 cm³/mol. The molecule has 1 aromatic heterocycles. The molecule has 0 saturated carbocycles. The first-order valence-corrected chi connectivity index (χ1v) is 8.61. The Labute approximate surface area is 146 Å². The van der Waals surface area contributed by atoms with Crippen LogP contribution in [0.3, 0.4) is 0 Å². The highest BCUT2D eigenvalue weighted by molar-refractivity contribution is 6.07. The second-order valence-electron chi connectivity index (χ2n) is 6.20. The molecule has 1 atom stereocenters. The second-order valence-corrected chi connectivity index (χ2v) is 6.20. The van der Waals surface area contributed by atoms with Crippen LogP contribution in [-0.4, -0.2) is 27.0 Å². The minimum Gasteiger partial charge on any atom is -0.337 e. The summed E-state index contributed by atoms with van der Waals surface area (Å²) in [6, 6.07) is 8.91. The topological polar surface area (TPSA) is 88.3 Å². The van der Waals surface area contributed by atoms with Gasteiger partial charge in [-0.15, -0.1) is 0 Å². The average molecular weight is 342 g/mol. The van der Waals surface area contributed by atoms with Gasteiger partial charge >= 0.3 is 6.03 Å².